The van der Waals surface area contributed by atoms with E-state index in [0.29, 0.717) is 12.8 Å². The van der Waals surface area contributed by atoms with E-state index in [0.717, 1.165) is 18.9 Å². The van der Waals surface area contributed by atoms with Crippen LogP contribution in [0.4, 0.5) is 14.6 Å². The van der Waals surface area contributed by atoms with E-state index in [4.69, 9.17) is 4.74 Å². The molecule has 2 atom stereocenters. The smallest absolute Gasteiger partial charge is 0.343 e. The highest BCUT2D eigenvalue weighted by atomic mass is 19.1. The van der Waals surface area contributed by atoms with Crippen molar-refractivity contribution in [3.8, 4) is 0 Å². The zero-order valence-corrected chi connectivity index (χ0v) is 18.8. The maximum absolute atomic E-state index is 15.1. The molecule has 1 aliphatic carbocycles. The predicted octanol–water partition coefficient (Wildman–Crippen LogP) is 2.74. The van der Waals surface area contributed by atoms with Crippen LogP contribution in [0.1, 0.15) is 55.9 Å². The molecule has 178 valence electrons. The first kappa shape index (κ1) is 23.1. The molecule has 2 aromatic heterocycles. The van der Waals surface area contributed by atoms with Crippen molar-refractivity contribution < 1.29 is 23.1 Å². The van der Waals surface area contributed by atoms with Crippen molar-refractivity contribution in [3.05, 3.63) is 33.9 Å². The maximum atomic E-state index is 15.1. The number of carbonyl (C=O) groups is 2. The van der Waals surface area contributed by atoms with E-state index in [1.54, 1.807) is 11.5 Å². The molecule has 1 N–H and O–H groups in total. The minimum atomic E-state index is -1.25. The molecule has 1 amide bonds. The lowest BCUT2D eigenvalue weighted by Gasteiger charge is -2.20. The molecule has 10 heteroatoms. The standard InChI is InChI=1S/C23H28F2N4O4/c1-3-5-19(30)26-9-13-10-28(12-18(13)25)22-17(24)8-15-20(31)16(23(32)33-4-2)11-29(14-6-7-14)21(15)27-22/h8,11,13-14,18H,3-7,9-10,12H2,1-2H3,(H,26,30). The van der Waals surface area contributed by atoms with Crippen molar-refractivity contribution in [2.45, 2.75) is 51.7 Å². The Balaban J connectivity index is 1.66. The van der Waals surface area contributed by atoms with Crippen molar-refractivity contribution in [1.82, 2.24) is 14.9 Å². The van der Waals surface area contributed by atoms with Crippen LogP contribution in [0.5, 0.6) is 0 Å². The van der Waals surface area contributed by atoms with E-state index in [1.807, 2.05) is 6.92 Å². The molecule has 1 aliphatic heterocycles. The molecule has 4 rings (SSSR count). The number of hydrogen-bond donors (Lipinski definition) is 1. The quantitative estimate of drug-likeness (QED) is 0.607. The highest BCUT2D eigenvalue weighted by Gasteiger charge is 2.36. The summed E-state index contributed by atoms with van der Waals surface area (Å²) >= 11 is 0. The average Bonchev–Trinajstić information content (AvgIpc) is 3.55. The summed E-state index contributed by atoms with van der Waals surface area (Å²) in [6, 6.07) is 1.13. The van der Waals surface area contributed by atoms with E-state index in [1.165, 1.54) is 11.1 Å². The number of esters is 1. The SMILES string of the molecule is CCCC(=O)NCC1CN(c2nc3c(cc2F)c(=O)c(C(=O)OCC)cn3C2CC2)CC1F. The Labute approximate surface area is 189 Å². The van der Waals surface area contributed by atoms with Crippen molar-refractivity contribution in [2.75, 3.05) is 31.1 Å². The summed E-state index contributed by atoms with van der Waals surface area (Å²) in [6.07, 6.45) is 2.97. The van der Waals surface area contributed by atoms with Gasteiger partial charge in [0.15, 0.2) is 11.6 Å². The van der Waals surface area contributed by atoms with Gasteiger partial charge >= 0.3 is 5.97 Å². The molecule has 1 saturated carbocycles. The Morgan fingerprint density at radius 3 is 2.70 bits per heavy atom. The fourth-order valence-corrected chi connectivity index (χ4v) is 4.20. The minimum Gasteiger partial charge on any atom is -0.462 e. The van der Waals surface area contributed by atoms with E-state index in [-0.39, 0.29) is 60.6 Å². The second-order valence-electron chi connectivity index (χ2n) is 8.63. The largest absolute Gasteiger partial charge is 0.462 e. The number of hydrogen-bond acceptors (Lipinski definition) is 6. The third-order valence-electron chi connectivity index (χ3n) is 6.07. The van der Waals surface area contributed by atoms with Crippen LogP contribution in [-0.4, -0.2) is 53.8 Å². The van der Waals surface area contributed by atoms with E-state index < -0.39 is 29.3 Å². The molecule has 1 saturated heterocycles. The summed E-state index contributed by atoms with van der Waals surface area (Å²) in [5, 5.41) is 2.72. The van der Waals surface area contributed by atoms with Gasteiger partial charge in [0.05, 0.1) is 18.5 Å². The molecular weight excluding hydrogens is 434 g/mol. The van der Waals surface area contributed by atoms with Crippen LogP contribution in [0.2, 0.25) is 0 Å². The number of halogens is 2. The Morgan fingerprint density at radius 2 is 2.03 bits per heavy atom. The van der Waals surface area contributed by atoms with Crippen LogP contribution in [0.3, 0.4) is 0 Å². The lowest BCUT2D eigenvalue weighted by molar-refractivity contribution is -0.121. The van der Waals surface area contributed by atoms with Crippen LogP contribution in [0.15, 0.2) is 17.1 Å². The molecule has 0 aromatic carbocycles. The van der Waals surface area contributed by atoms with Crippen molar-refractivity contribution in [3.63, 3.8) is 0 Å². The number of ether oxygens (including phenoxy) is 1. The number of nitrogens with zero attached hydrogens (tertiary/aromatic N) is 3. The van der Waals surface area contributed by atoms with Gasteiger partial charge in [-0.1, -0.05) is 6.92 Å². The Morgan fingerprint density at radius 1 is 1.27 bits per heavy atom. The summed E-state index contributed by atoms with van der Waals surface area (Å²) in [7, 11) is 0. The number of alkyl halides is 1. The predicted molar refractivity (Wildman–Crippen MR) is 119 cm³/mol. The molecule has 0 radical (unpaired) electrons. The Kier molecular flexibility index (Phi) is 6.62. The van der Waals surface area contributed by atoms with E-state index >= 15 is 4.39 Å². The molecule has 0 spiro atoms. The number of aromatic nitrogens is 2. The first-order valence-electron chi connectivity index (χ1n) is 11.4. The zero-order valence-electron chi connectivity index (χ0n) is 18.8. The highest BCUT2D eigenvalue weighted by Crippen LogP contribution is 2.37. The van der Waals surface area contributed by atoms with Crippen LogP contribution in [-0.2, 0) is 9.53 Å². The number of fused-ring (bicyclic) bond motifs is 1. The van der Waals surface area contributed by atoms with Gasteiger partial charge in [-0.05, 0) is 32.3 Å². The molecule has 33 heavy (non-hydrogen) atoms. The molecule has 0 bridgehead atoms. The molecule has 2 unspecified atom stereocenters. The van der Waals surface area contributed by atoms with Crippen LogP contribution >= 0.6 is 0 Å². The third-order valence-corrected chi connectivity index (χ3v) is 6.07. The van der Waals surface area contributed by atoms with Gasteiger partial charge in [-0.3, -0.25) is 9.59 Å². The van der Waals surface area contributed by atoms with Crippen molar-refractivity contribution >= 4 is 28.7 Å². The van der Waals surface area contributed by atoms with Gasteiger partial charge in [-0.2, -0.15) is 0 Å². The Hall–Kier alpha value is -3.04. The summed E-state index contributed by atoms with van der Waals surface area (Å²) in [6.45, 7) is 3.95. The highest BCUT2D eigenvalue weighted by molar-refractivity contribution is 5.93. The summed E-state index contributed by atoms with van der Waals surface area (Å²) in [5.41, 5.74) is -0.528. The van der Waals surface area contributed by atoms with E-state index in [9.17, 15) is 18.8 Å². The number of pyridine rings is 2. The lowest BCUT2D eigenvalue weighted by Crippen LogP contribution is -2.33. The van der Waals surface area contributed by atoms with Gasteiger partial charge in [0.25, 0.3) is 0 Å². The topological polar surface area (TPSA) is 93.5 Å². The maximum Gasteiger partial charge on any atom is 0.343 e. The van der Waals surface area contributed by atoms with Crippen LogP contribution in [0.25, 0.3) is 11.0 Å². The molecule has 8 nitrogen and oxygen atoms in total. The molecule has 2 fully saturated rings. The molecule has 2 aromatic rings. The lowest BCUT2D eigenvalue weighted by atomic mass is 10.1. The van der Waals surface area contributed by atoms with Gasteiger partial charge in [-0.15, -0.1) is 0 Å². The second kappa shape index (κ2) is 9.44. The molecular formula is C23H28F2N4O4. The van der Waals surface area contributed by atoms with Gasteiger partial charge in [0.1, 0.15) is 17.4 Å². The number of carbonyl (C=O) groups excluding carboxylic acids is 2. The summed E-state index contributed by atoms with van der Waals surface area (Å²) in [4.78, 5) is 42.8. The summed E-state index contributed by atoms with van der Waals surface area (Å²) in [5.74, 6) is -2.17. The molecule has 3 heterocycles. The second-order valence-corrected chi connectivity index (χ2v) is 8.63. The fraction of sp³-hybridized carbons (Fsp3) is 0.565. The number of anilines is 1. The van der Waals surface area contributed by atoms with Crippen molar-refractivity contribution in [2.24, 2.45) is 5.92 Å². The first-order chi connectivity index (χ1) is 15.8. The number of nitrogens with one attached hydrogen (secondary N) is 1. The average molecular weight is 462 g/mol. The molecule has 2 aliphatic rings. The van der Waals surface area contributed by atoms with Gasteiger partial charge in [0.2, 0.25) is 11.3 Å². The van der Waals surface area contributed by atoms with Crippen LogP contribution in [0, 0.1) is 11.7 Å². The summed E-state index contributed by atoms with van der Waals surface area (Å²) < 4.78 is 36.4. The number of amides is 1. The monoisotopic (exact) mass is 462 g/mol. The van der Waals surface area contributed by atoms with Crippen molar-refractivity contribution in [1.29, 1.82) is 0 Å². The van der Waals surface area contributed by atoms with Gasteiger partial charge in [-0.25, -0.2) is 18.6 Å². The normalized spacial score (nSPS) is 20.3. The van der Waals surface area contributed by atoms with Gasteiger partial charge in [0, 0.05) is 37.7 Å². The zero-order chi connectivity index (χ0) is 23.7. The van der Waals surface area contributed by atoms with E-state index in [2.05, 4.69) is 10.3 Å². The third kappa shape index (κ3) is 4.69. The first-order valence-corrected chi connectivity index (χ1v) is 11.4. The fourth-order valence-electron chi connectivity index (χ4n) is 4.20. The number of rotatable bonds is 8. The Bertz CT molecular complexity index is 1130. The van der Waals surface area contributed by atoms with Crippen LogP contribution < -0.4 is 15.6 Å². The van der Waals surface area contributed by atoms with Gasteiger partial charge < -0.3 is 19.5 Å². The minimum absolute atomic E-state index is 0.00641.